The first-order valence-electron chi connectivity index (χ1n) is 4.07. The molecule has 0 aliphatic carbocycles. The highest BCUT2D eigenvalue weighted by molar-refractivity contribution is 5.78. The molecule has 1 aliphatic rings. The van der Waals surface area contributed by atoms with Crippen LogP contribution in [0.3, 0.4) is 0 Å². The number of amides is 2. The van der Waals surface area contributed by atoms with Gasteiger partial charge in [-0.25, -0.2) is 14.8 Å². The van der Waals surface area contributed by atoms with Gasteiger partial charge in [0.25, 0.3) is 0 Å². The minimum atomic E-state index is -0.532. The lowest BCUT2D eigenvalue weighted by Gasteiger charge is -1.91. The predicted molar refractivity (Wildman–Crippen MR) is 47.2 cm³/mol. The van der Waals surface area contributed by atoms with E-state index in [2.05, 4.69) is 20.0 Å². The van der Waals surface area contributed by atoms with E-state index in [1.165, 1.54) is 0 Å². The highest BCUT2D eigenvalue weighted by Crippen LogP contribution is 2.02. The molecule has 2 heterocycles. The van der Waals surface area contributed by atoms with Crippen molar-refractivity contribution in [2.45, 2.75) is 0 Å². The van der Waals surface area contributed by atoms with Crippen LogP contribution in [0.4, 0.5) is 4.79 Å². The number of nitrogens with zero attached hydrogens (tertiary/aromatic N) is 4. The van der Waals surface area contributed by atoms with Gasteiger partial charge in [-0.1, -0.05) is 12.1 Å². The van der Waals surface area contributed by atoms with E-state index in [9.17, 15) is 4.79 Å². The van der Waals surface area contributed by atoms with Crippen molar-refractivity contribution in [3.63, 3.8) is 0 Å². The molecule has 5 heteroatoms. The van der Waals surface area contributed by atoms with Gasteiger partial charge in [-0.15, -0.1) is 0 Å². The SMILES string of the molecule is O=C1N=c2nc3ccccc3nc2=N1. The lowest BCUT2D eigenvalue weighted by atomic mass is 10.3. The molecule has 0 radical (unpaired) electrons. The molecule has 14 heavy (non-hydrogen) atoms. The van der Waals surface area contributed by atoms with E-state index >= 15 is 0 Å². The molecule has 0 fully saturated rings. The fraction of sp³-hybridized carbons (Fsp3) is 0. The minimum Gasteiger partial charge on any atom is -0.244 e. The zero-order valence-electron chi connectivity index (χ0n) is 7.01. The van der Waals surface area contributed by atoms with Crippen LogP contribution in [0, 0.1) is 0 Å². The maximum Gasteiger partial charge on any atom is 0.371 e. The van der Waals surface area contributed by atoms with E-state index in [1.807, 2.05) is 24.3 Å². The van der Waals surface area contributed by atoms with Gasteiger partial charge < -0.3 is 0 Å². The number of para-hydroxylation sites is 2. The molecule has 2 amide bonds. The van der Waals surface area contributed by atoms with Gasteiger partial charge in [0, 0.05) is 0 Å². The molecule has 5 nitrogen and oxygen atoms in total. The second kappa shape index (κ2) is 2.41. The average molecular weight is 184 g/mol. The predicted octanol–water partition coefficient (Wildman–Crippen LogP) is 0.00260. The summed E-state index contributed by atoms with van der Waals surface area (Å²) in [6.07, 6.45) is 0. The van der Waals surface area contributed by atoms with Crippen molar-refractivity contribution in [3.05, 3.63) is 35.2 Å². The molecule has 0 unspecified atom stereocenters. The fourth-order valence-corrected chi connectivity index (χ4v) is 1.34. The summed E-state index contributed by atoms with van der Waals surface area (Å²) in [5.74, 6) is 0. The number of rotatable bonds is 0. The maximum atomic E-state index is 10.9. The van der Waals surface area contributed by atoms with Crippen LogP contribution in [0.2, 0.25) is 0 Å². The van der Waals surface area contributed by atoms with Gasteiger partial charge in [-0.3, -0.25) is 0 Å². The lowest BCUT2D eigenvalue weighted by molar-refractivity contribution is 0.256. The maximum absolute atomic E-state index is 10.9. The Morgan fingerprint density at radius 1 is 0.857 bits per heavy atom. The van der Waals surface area contributed by atoms with Crippen LogP contribution in [0.1, 0.15) is 0 Å². The van der Waals surface area contributed by atoms with Crippen molar-refractivity contribution in [1.29, 1.82) is 0 Å². The molecule has 0 atom stereocenters. The minimum absolute atomic E-state index is 0.314. The molecule has 3 rings (SSSR count). The van der Waals surface area contributed by atoms with Crippen molar-refractivity contribution in [2.24, 2.45) is 9.98 Å². The zero-order valence-corrected chi connectivity index (χ0v) is 7.01. The van der Waals surface area contributed by atoms with Gasteiger partial charge in [0.1, 0.15) is 0 Å². The number of aromatic nitrogens is 2. The summed E-state index contributed by atoms with van der Waals surface area (Å²) in [5, 5.41) is 0. The summed E-state index contributed by atoms with van der Waals surface area (Å²) in [5.41, 5.74) is 2.07. The van der Waals surface area contributed by atoms with Crippen LogP contribution in [0.25, 0.3) is 11.0 Å². The Labute approximate surface area is 77.9 Å². The average Bonchev–Trinajstić information content (AvgIpc) is 2.53. The number of benzene rings is 1. The summed E-state index contributed by atoms with van der Waals surface area (Å²) in [6.45, 7) is 0. The normalized spacial score (nSPS) is 13.6. The van der Waals surface area contributed by atoms with Gasteiger partial charge in [-0.2, -0.15) is 9.98 Å². The molecule has 1 aliphatic heterocycles. The van der Waals surface area contributed by atoms with Crippen LogP contribution in [0.5, 0.6) is 0 Å². The van der Waals surface area contributed by atoms with E-state index in [0.29, 0.717) is 11.0 Å². The summed E-state index contributed by atoms with van der Waals surface area (Å²) >= 11 is 0. The highest BCUT2D eigenvalue weighted by atomic mass is 16.2. The third-order valence-corrected chi connectivity index (χ3v) is 1.94. The zero-order chi connectivity index (χ0) is 9.54. The second-order valence-corrected chi connectivity index (χ2v) is 2.87. The van der Waals surface area contributed by atoms with Crippen LogP contribution < -0.4 is 11.0 Å². The van der Waals surface area contributed by atoms with Crippen molar-refractivity contribution in [2.75, 3.05) is 0 Å². The Kier molecular flexibility index (Phi) is 1.25. The Balaban J connectivity index is 2.56. The van der Waals surface area contributed by atoms with E-state index in [1.54, 1.807) is 0 Å². The molecular weight excluding hydrogens is 180 g/mol. The van der Waals surface area contributed by atoms with Crippen LogP contribution in [-0.2, 0) is 0 Å². The Hall–Kier alpha value is -2.17. The quantitative estimate of drug-likeness (QED) is 0.578. The van der Waals surface area contributed by atoms with Crippen LogP contribution in [-0.4, -0.2) is 16.0 Å². The summed E-state index contributed by atoms with van der Waals surface area (Å²) in [6, 6.07) is 6.83. The Morgan fingerprint density at radius 3 is 1.86 bits per heavy atom. The van der Waals surface area contributed by atoms with Crippen molar-refractivity contribution in [3.8, 4) is 0 Å². The Bertz CT molecular complexity index is 606. The van der Waals surface area contributed by atoms with E-state index < -0.39 is 6.03 Å². The largest absolute Gasteiger partial charge is 0.371 e. The number of fused-ring (bicyclic) bond motifs is 2. The molecule has 1 aromatic heterocycles. The van der Waals surface area contributed by atoms with Gasteiger partial charge in [0.15, 0.2) is 0 Å². The molecule has 2 aromatic rings. The van der Waals surface area contributed by atoms with Crippen LogP contribution >= 0.6 is 0 Å². The highest BCUT2D eigenvalue weighted by Gasteiger charge is 2.07. The first-order valence-corrected chi connectivity index (χ1v) is 4.07. The molecule has 66 valence electrons. The number of hydrogen-bond acceptors (Lipinski definition) is 3. The third-order valence-electron chi connectivity index (χ3n) is 1.94. The van der Waals surface area contributed by atoms with E-state index in [0.717, 1.165) is 11.0 Å². The van der Waals surface area contributed by atoms with Gasteiger partial charge in [0.2, 0.25) is 11.0 Å². The number of hydrogen-bond donors (Lipinski definition) is 0. The lowest BCUT2D eigenvalue weighted by Crippen LogP contribution is -2.28. The van der Waals surface area contributed by atoms with E-state index in [-0.39, 0.29) is 0 Å². The summed E-state index contributed by atoms with van der Waals surface area (Å²) in [7, 11) is 0. The van der Waals surface area contributed by atoms with E-state index in [4.69, 9.17) is 0 Å². The van der Waals surface area contributed by atoms with Crippen molar-refractivity contribution >= 4 is 17.1 Å². The van der Waals surface area contributed by atoms with Gasteiger partial charge in [0.05, 0.1) is 11.0 Å². The standard InChI is InChI=1S/C9H4N4O/c14-9-12-7-8(13-9)11-6-4-2-1-3-5(6)10-7/h1-4H. The van der Waals surface area contributed by atoms with Crippen molar-refractivity contribution < 1.29 is 4.79 Å². The Morgan fingerprint density at radius 2 is 1.36 bits per heavy atom. The van der Waals surface area contributed by atoms with Crippen LogP contribution in [0.15, 0.2) is 34.3 Å². The molecule has 0 spiro atoms. The first kappa shape index (κ1) is 7.25. The molecule has 0 saturated carbocycles. The number of carbonyl (C=O) groups excluding carboxylic acids is 1. The summed E-state index contributed by atoms with van der Waals surface area (Å²) < 4.78 is 0. The molecule has 0 bridgehead atoms. The second-order valence-electron chi connectivity index (χ2n) is 2.87. The van der Waals surface area contributed by atoms with Crippen molar-refractivity contribution in [1.82, 2.24) is 9.97 Å². The fourth-order valence-electron chi connectivity index (χ4n) is 1.34. The van der Waals surface area contributed by atoms with Gasteiger partial charge in [-0.05, 0) is 12.1 Å². The number of urea groups is 1. The molecular formula is C9H4N4O. The molecule has 1 aromatic carbocycles. The number of carbonyl (C=O) groups is 1. The monoisotopic (exact) mass is 184 g/mol. The summed E-state index contributed by atoms with van der Waals surface area (Å²) in [4.78, 5) is 26.4. The third kappa shape index (κ3) is 0.922. The smallest absolute Gasteiger partial charge is 0.244 e. The molecule has 0 N–H and O–H groups in total. The first-order chi connectivity index (χ1) is 6.83. The van der Waals surface area contributed by atoms with Gasteiger partial charge >= 0.3 is 6.03 Å². The molecule has 0 saturated heterocycles. The topological polar surface area (TPSA) is 67.6 Å².